The highest BCUT2D eigenvalue weighted by atomic mass is 35.5. The molecule has 0 bridgehead atoms. The molecule has 0 aliphatic heterocycles. The number of hydrogen-bond donors (Lipinski definition) is 1. The van der Waals surface area contributed by atoms with Crippen LogP contribution in [0, 0.1) is 0 Å². The number of rotatable bonds is 3. The Hall–Kier alpha value is -1.31. The molecule has 0 spiro atoms. The third kappa shape index (κ3) is 2.68. The molecule has 1 fully saturated rings. The maximum Gasteiger partial charge on any atom is 0.0551 e. The van der Waals surface area contributed by atoms with Crippen LogP contribution < -0.4 is 5.73 Å². The van der Waals surface area contributed by atoms with E-state index >= 15 is 0 Å². The summed E-state index contributed by atoms with van der Waals surface area (Å²) < 4.78 is 0. The average molecular weight is 272 g/mol. The van der Waals surface area contributed by atoms with Crippen LogP contribution in [0.15, 0.2) is 48.5 Å². The van der Waals surface area contributed by atoms with E-state index in [0.717, 1.165) is 22.1 Å². The van der Waals surface area contributed by atoms with E-state index in [2.05, 4.69) is 24.3 Å². The lowest BCUT2D eigenvalue weighted by atomic mass is 9.79. The van der Waals surface area contributed by atoms with Crippen molar-refractivity contribution in [3.05, 3.63) is 70.2 Å². The molecule has 1 atom stereocenters. The molecule has 0 saturated heterocycles. The second kappa shape index (κ2) is 5.36. The Morgan fingerprint density at radius 3 is 1.89 bits per heavy atom. The van der Waals surface area contributed by atoms with E-state index in [-0.39, 0.29) is 6.04 Å². The molecule has 98 valence electrons. The molecular weight excluding hydrogens is 254 g/mol. The Labute approximate surface area is 119 Å². The molecule has 19 heavy (non-hydrogen) atoms. The van der Waals surface area contributed by atoms with Crippen molar-refractivity contribution in [3.8, 4) is 0 Å². The van der Waals surface area contributed by atoms with Crippen molar-refractivity contribution in [3.63, 3.8) is 0 Å². The number of benzene rings is 2. The summed E-state index contributed by atoms with van der Waals surface area (Å²) in [6.07, 6.45) is 4.04. The van der Waals surface area contributed by atoms with Crippen LogP contribution in [0.5, 0.6) is 0 Å². The van der Waals surface area contributed by atoms with Crippen LogP contribution >= 0.6 is 11.6 Å². The van der Waals surface area contributed by atoms with E-state index in [4.69, 9.17) is 17.3 Å². The fourth-order valence-electron chi connectivity index (χ4n) is 2.58. The lowest BCUT2D eigenvalue weighted by Crippen LogP contribution is -2.13. The Kier molecular flexibility index (Phi) is 3.58. The highest BCUT2D eigenvalue weighted by Crippen LogP contribution is 2.36. The van der Waals surface area contributed by atoms with Crippen molar-refractivity contribution < 1.29 is 0 Å². The van der Waals surface area contributed by atoms with Crippen LogP contribution in [-0.4, -0.2) is 0 Å². The van der Waals surface area contributed by atoms with Crippen LogP contribution in [-0.2, 0) is 0 Å². The molecule has 1 nitrogen and oxygen atoms in total. The first kappa shape index (κ1) is 12.7. The molecule has 2 aromatic carbocycles. The van der Waals surface area contributed by atoms with Crippen molar-refractivity contribution in [2.45, 2.75) is 31.2 Å². The highest BCUT2D eigenvalue weighted by Gasteiger charge is 2.19. The van der Waals surface area contributed by atoms with Gasteiger partial charge in [0.25, 0.3) is 0 Å². The first-order valence-electron chi connectivity index (χ1n) is 6.85. The van der Waals surface area contributed by atoms with Crippen molar-refractivity contribution in [1.29, 1.82) is 0 Å². The van der Waals surface area contributed by atoms with E-state index in [1.165, 1.54) is 24.8 Å². The molecule has 0 aromatic heterocycles. The predicted octanol–water partition coefficient (Wildman–Crippen LogP) is 4.66. The zero-order valence-corrected chi connectivity index (χ0v) is 11.6. The number of nitrogens with two attached hydrogens (primary N) is 1. The number of hydrogen-bond acceptors (Lipinski definition) is 1. The lowest BCUT2D eigenvalue weighted by molar-refractivity contribution is 0.419. The monoisotopic (exact) mass is 271 g/mol. The fourth-order valence-corrected chi connectivity index (χ4v) is 2.71. The predicted molar refractivity (Wildman–Crippen MR) is 80.5 cm³/mol. The summed E-state index contributed by atoms with van der Waals surface area (Å²) in [6, 6.07) is 16.5. The van der Waals surface area contributed by atoms with E-state index in [1.54, 1.807) is 0 Å². The van der Waals surface area contributed by atoms with Gasteiger partial charge in [-0.1, -0.05) is 54.4 Å². The lowest BCUT2D eigenvalue weighted by Gasteiger charge is -2.26. The van der Waals surface area contributed by atoms with Crippen LogP contribution in [0.3, 0.4) is 0 Å². The fraction of sp³-hybridized carbons (Fsp3) is 0.294. The molecule has 0 amide bonds. The average Bonchev–Trinajstić information content (AvgIpc) is 2.38. The van der Waals surface area contributed by atoms with Gasteiger partial charge >= 0.3 is 0 Å². The Bertz CT molecular complexity index is 540. The topological polar surface area (TPSA) is 26.0 Å². The van der Waals surface area contributed by atoms with Crippen LogP contribution in [0.1, 0.15) is 47.9 Å². The van der Waals surface area contributed by atoms with Gasteiger partial charge in [0.2, 0.25) is 0 Å². The zero-order chi connectivity index (χ0) is 13.2. The van der Waals surface area contributed by atoms with Gasteiger partial charge < -0.3 is 5.73 Å². The molecule has 2 aromatic rings. The molecule has 3 rings (SSSR count). The van der Waals surface area contributed by atoms with Gasteiger partial charge in [-0.15, -0.1) is 0 Å². The minimum Gasteiger partial charge on any atom is -0.320 e. The largest absolute Gasteiger partial charge is 0.320 e. The normalized spacial score (nSPS) is 16.9. The van der Waals surface area contributed by atoms with E-state index in [0.29, 0.717) is 0 Å². The maximum absolute atomic E-state index is 6.30. The third-order valence-electron chi connectivity index (χ3n) is 4.10. The summed E-state index contributed by atoms with van der Waals surface area (Å²) in [6.45, 7) is 0. The summed E-state index contributed by atoms with van der Waals surface area (Å²) in [5, 5.41) is 0.747. The third-order valence-corrected chi connectivity index (χ3v) is 4.35. The summed E-state index contributed by atoms with van der Waals surface area (Å²) in [4.78, 5) is 0. The minimum absolute atomic E-state index is 0.0762. The molecule has 0 radical (unpaired) electrons. The Balaban J connectivity index is 1.79. The standard InChI is InChI=1S/C17H18ClN/c18-16-10-8-15(9-11-16)17(19)14-6-4-13(5-7-14)12-2-1-3-12/h4-12,17H,1-3,19H2. The quantitative estimate of drug-likeness (QED) is 0.864. The molecule has 1 unspecified atom stereocenters. The second-order valence-corrected chi connectivity index (χ2v) is 5.76. The van der Waals surface area contributed by atoms with E-state index in [1.807, 2.05) is 24.3 Å². The van der Waals surface area contributed by atoms with E-state index < -0.39 is 0 Å². The number of halogens is 1. The molecular formula is C17H18ClN. The van der Waals surface area contributed by atoms with Gasteiger partial charge in [0.05, 0.1) is 6.04 Å². The second-order valence-electron chi connectivity index (χ2n) is 5.32. The van der Waals surface area contributed by atoms with Crippen molar-refractivity contribution in [2.24, 2.45) is 5.73 Å². The SMILES string of the molecule is NC(c1ccc(Cl)cc1)c1ccc(C2CCC2)cc1. The summed E-state index contributed by atoms with van der Waals surface area (Å²) >= 11 is 5.90. The molecule has 0 heterocycles. The van der Waals surface area contributed by atoms with Crippen molar-refractivity contribution >= 4 is 11.6 Å². The minimum atomic E-state index is -0.0762. The molecule has 1 saturated carbocycles. The molecule has 2 heteroatoms. The summed E-state index contributed by atoms with van der Waals surface area (Å²) in [7, 11) is 0. The van der Waals surface area contributed by atoms with Gasteiger partial charge in [-0.2, -0.15) is 0 Å². The Morgan fingerprint density at radius 1 is 0.895 bits per heavy atom. The maximum atomic E-state index is 6.30. The van der Waals surface area contributed by atoms with Crippen LogP contribution in [0.25, 0.3) is 0 Å². The first-order chi connectivity index (χ1) is 9.24. The summed E-state index contributed by atoms with van der Waals surface area (Å²) in [5.74, 6) is 0.779. The van der Waals surface area contributed by atoms with Crippen LogP contribution in [0.4, 0.5) is 0 Å². The molecule has 1 aliphatic carbocycles. The van der Waals surface area contributed by atoms with Gasteiger partial charge in [0.1, 0.15) is 0 Å². The van der Waals surface area contributed by atoms with Crippen LogP contribution in [0.2, 0.25) is 5.02 Å². The van der Waals surface area contributed by atoms with Gasteiger partial charge in [0, 0.05) is 5.02 Å². The highest BCUT2D eigenvalue weighted by molar-refractivity contribution is 6.30. The van der Waals surface area contributed by atoms with Gasteiger partial charge in [0.15, 0.2) is 0 Å². The smallest absolute Gasteiger partial charge is 0.0551 e. The van der Waals surface area contributed by atoms with Gasteiger partial charge in [-0.3, -0.25) is 0 Å². The molecule has 2 N–H and O–H groups in total. The molecule has 1 aliphatic rings. The van der Waals surface area contributed by atoms with Crippen molar-refractivity contribution in [1.82, 2.24) is 0 Å². The zero-order valence-electron chi connectivity index (χ0n) is 10.9. The van der Waals surface area contributed by atoms with E-state index in [9.17, 15) is 0 Å². The van der Waals surface area contributed by atoms with Crippen molar-refractivity contribution in [2.75, 3.05) is 0 Å². The Morgan fingerprint density at radius 2 is 1.42 bits per heavy atom. The van der Waals surface area contributed by atoms with Gasteiger partial charge in [-0.05, 0) is 47.6 Å². The van der Waals surface area contributed by atoms with Gasteiger partial charge in [-0.25, -0.2) is 0 Å². The summed E-state index contributed by atoms with van der Waals surface area (Å²) in [5.41, 5.74) is 10.0. The first-order valence-corrected chi connectivity index (χ1v) is 7.23.